The van der Waals surface area contributed by atoms with Crippen molar-refractivity contribution in [2.75, 3.05) is 10.6 Å². The van der Waals surface area contributed by atoms with Gasteiger partial charge < -0.3 is 10.6 Å². The van der Waals surface area contributed by atoms with Gasteiger partial charge in [0.25, 0.3) is 11.8 Å². The minimum absolute atomic E-state index is 0.222. The summed E-state index contributed by atoms with van der Waals surface area (Å²) in [5.41, 5.74) is 2.10. The van der Waals surface area contributed by atoms with E-state index in [4.69, 9.17) is 23.2 Å². The first-order chi connectivity index (χ1) is 12.9. The van der Waals surface area contributed by atoms with Crippen molar-refractivity contribution >= 4 is 46.5 Å². The van der Waals surface area contributed by atoms with Crippen LogP contribution in [0.15, 0.2) is 60.8 Å². The van der Waals surface area contributed by atoms with Crippen molar-refractivity contribution in [3.05, 3.63) is 87.5 Å². The van der Waals surface area contributed by atoms with Crippen LogP contribution in [-0.4, -0.2) is 16.8 Å². The van der Waals surface area contributed by atoms with E-state index in [1.165, 1.54) is 12.3 Å². The lowest BCUT2D eigenvalue weighted by Crippen LogP contribution is -2.18. The third-order valence-corrected chi connectivity index (χ3v) is 4.22. The molecular formula is C20H15Cl2N3O2. The Kier molecular flexibility index (Phi) is 5.74. The lowest BCUT2D eigenvalue weighted by molar-refractivity contribution is 0.102. The molecule has 0 aliphatic heterocycles. The number of aromatic nitrogens is 1. The first kappa shape index (κ1) is 18.9. The number of rotatable bonds is 4. The van der Waals surface area contributed by atoms with Crippen molar-refractivity contribution < 1.29 is 9.59 Å². The van der Waals surface area contributed by atoms with Crippen molar-refractivity contribution in [1.82, 2.24) is 4.98 Å². The molecule has 1 heterocycles. The van der Waals surface area contributed by atoms with Crippen molar-refractivity contribution in [1.29, 1.82) is 0 Å². The van der Waals surface area contributed by atoms with Crippen LogP contribution in [0.25, 0.3) is 0 Å². The molecule has 3 rings (SSSR count). The van der Waals surface area contributed by atoms with Crippen molar-refractivity contribution in [2.45, 2.75) is 6.92 Å². The lowest BCUT2D eigenvalue weighted by atomic mass is 10.1. The third-order valence-electron chi connectivity index (χ3n) is 3.76. The highest BCUT2D eigenvalue weighted by atomic mass is 35.5. The van der Waals surface area contributed by atoms with Gasteiger partial charge in [-0.05, 0) is 49.4 Å². The van der Waals surface area contributed by atoms with Gasteiger partial charge in [-0.15, -0.1) is 0 Å². The Morgan fingerprint density at radius 1 is 0.852 bits per heavy atom. The summed E-state index contributed by atoms with van der Waals surface area (Å²) in [5, 5.41) is 6.24. The molecule has 2 aromatic carbocycles. The molecule has 136 valence electrons. The Morgan fingerprint density at radius 3 is 2.22 bits per heavy atom. The van der Waals surface area contributed by atoms with E-state index >= 15 is 0 Å². The number of hydrogen-bond donors (Lipinski definition) is 2. The highest BCUT2D eigenvalue weighted by Crippen LogP contribution is 2.23. The largest absolute Gasteiger partial charge is 0.321 e. The quantitative estimate of drug-likeness (QED) is 0.632. The van der Waals surface area contributed by atoms with Crippen molar-refractivity contribution in [3.8, 4) is 0 Å². The minimum Gasteiger partial charge on any atom is -0.321 e. The van der Waals surface area contributed by atoms with E-state index in [0.717, 1.165) is 5.56 Å². The molecule has 0 aliphatic carbocycles. The smallest absolute Gasteiger partial charge is 0.258 e. The summed E-state index contributed by atoms with van der Waals surface area (Å²) in [4.78, 5) is 29.1. The molecule has 0 aliphatic rings. The first-order valence-corrected chi connectivity index (χ1v) is 8.78. The van der Waals surface area contributed by atoms with E-state index in [0.29, 0.717) is 27.1 Å². The summed E-state index contributed by atoms with van der Waals surface area (Å²) in [5.74, 6) is -0.442. The number of nitrogens with one attached hydrogen (secondary N) is 2. The van der Waals surface area contributed by atoms with Gasteiger partial charge in [-0.3, -0.25) is 9.59 Å². The normalized spacial score (nSPS) is 10.3. The average Bonchev–Trinajstić information content (AvgIpc) is 2.65. The van der Waals surface area contributed by atoms with Crippen LogP contribution in [0.4, 0.5) is 11.5 Å². The highest BCUT2D eigenvalue weighted by molar-refractivity contribution is 6.31. The number of nitrogens with zero attached hydrogens (tertiary/aromatic N) is 1. The van der Waals surface area contributed by atoms with Crippen LogP contribution in [0.3, 0.4) is 0 Å². The molecule has 2 amide bonds. The number of benzene rings is 2. The summed E-state index contributed by atoms with van der Waals surface area (Å²) in [7, 11) is 0. The number of amides is 2. The van der Waals surface area contributed by atoms with Crippen LogP contribution in [0, 0.1) is 6.92 Å². The van der Waals surface area contributed by atoms with Crippen LogP contribution < -0.4 is 10.6 Å². The molecule has 0 bridgehead atoms. The third kappa shape index (κ3) is 4.84. The summed E-state index contributed by atoms with van der Waals surface area (Å²) in [6.45, 7) is 1.94. The zero-order valence-electron chi connectivity index (χ0n) is 14.3. The van der Waals surface area contributed by atoms with Crippen LogP contribution in [-0.2, 0) is 0 Å². The van der Waals surface area contributed by atoms with Gasteiger partial charge in [0.1, 0.15) is 5.82 Å². The Labute approximate surface area is 166 Å². The Balaban J connectivity index is 1.83. The molecule has 7 heteroatoms. The summed E-state index contributed by atoms with van der Waals surface area (Å²) in [6, 6.07) is 15.0. The number of anilines is 2. The summed E-state index contributed by atoms with van der Waals surface area (Å²) in [6.07, 6.45) is 1.43. The lowest BCUT2D eigenvalue weighted by Gasteiger charge is -2.12. The maximum atomic E-state index is 12.6. The molecule has 0 radical (unpaired) electrons. The van der Waals surface area contributed by atoms with Gasteiger partial charge in [0, 0.05) is 16.8 Å². The number of pyridine rings is 1. The maximum absolute atomic E-state index is 12.6. The second-order valence-electron chi connectivity index (χ2n) is 5.83. The van der Waals surface area contributed by atoms with E-state index in [2.05, 4.69) is 15.6 Å². The fourth-order valence-corrected chi connectivity index (χ4v) is 2.63. The monoisotopic (exact) mass is 399 g/mol. The maximum Gasteiger partial charge on any atom is 0.258 e. The number of halogens is 2. The van der Waals surface area contributed by atoms with Crippen LogP contribution in [0.5, 0.6) is 0 Å². The van der Waals surface area contributed by atoms with Gasteiger partial charge in [-0.25, -0.2) is 4.98 Å². The van der Waals surface area contributed by atoms with Crippen LogP contribution >= 0.6 is 23.2 Å². The highest BCUT2D eigenvalue weighted by Gasteiger charge is 2.16. The molecule has 2 N–H and O–H groups in total. The zero-order valence-corrected chi connectivity index (χ0v) is 15.8. The SMILES string of the molecule is Cc1ccc(C(=O)Nc2ccc(Cl)cc2C(=O)Nc2ccc(Cl)cn2)cc1. The van der Waals surface area contributed by atoms with Gasteiger partial charge in [-0.2, -0.15) is 0 Å². The zero-order chi connectivity index (χ0) is 19.4. The van der Waals surface area contributed by atoms with E-state index in [1.54, 1.807) is 36.4 Å². The number of carbonyl (C=O) groups is 2. The fraction of sp³-hybridized carbons (Fsp3) is 0.0500. The number of carbonyl (C=O) groups excluding carboxylic acids is 2. The van der Waals surface area contributed by atoms with Gasteiger partial charge in [0.2, 0.25) is 0 Å². The molecule has 0 atom stereocenters. The molecule has 0 fully saturated rings. The van der Waals surface area contributed by atoms with Gasteiger partial charge in [0.15, 0.2) is 0 Å². The van der Waals surface area contributed by atoms with E-state index in [9.17, 15) is 9.59 Å². The predicted molar refractivity (Wildman–Crippen MR) is 108 cm³/mol. The molecule has 0 unspecified atom stereocenters. The summed E-state index contributed by atoms with van der Waals surface area (Å²) < 4.78 is 0. The van der Waals surface area contributed by atoms with Gasteiger partial charge in [-0.1, -0.05) is 40.9 Å². The van der Waals surface area contributed by atoms with E-state index in [-0.39, 0.29) is 11.5 Å². The molecule has 0 saturated carbocycles. The van der Waals surface area contributed by atoms with Gasteiger partial charge >= 0.3 is 0 Å². The second kappa shape index (κ2) is 8.20. The number of aryl methyl sites for hydroxylation is 1. The second-order valence-corrected chi connectivity index (χ2v) is 6.70. The molecule has 5 nitrogen and oxygen atoms in total. The topological polar surface area (TPSA) is 71.1 Å². The Bertz CT molecular complexity index is 987. The average molecular weight is 400 g/mol. The Hall–Kier alpha value is -2.89. The molecular weight excluding hydrogens is 385 g/mol. The molecule has 27 heavy (non-hydrogen) atoms. The van der Waals surface area contributed by atoms with Crippen molar-refractivity contribution in [2.24, 2.45) is 0 Å². The molecule has 1 aromatic heterocycles. The van der Waals surface area contributed by atoms with Crippen LogP contribution in [0.1, 0.15) is 26.3 Å². The molecule has 0 saturated heterocycles. The van der Waals surface area contributed by atoms with Gasteiger partial charge in [0.05, 0.1) is 16.3 Å². The standard InChI is InChI=1S/C20H15Cl2N3O2/c1-12-2-4-13(5-3-12)19(26)24-17-8-6-14(21)10-16(17)20(27)25-18-9-7-15(22)11-23-18/h2-11H,1H3,(H,24,26)(H,23,25,27). The van der Waals surface area contributed by atoms with E-state index < -0.39 is 5.91 Å². The molecule has 0 spiro atoms. The Morgan fingerprint density at radius 2 is 1.56 bits per heavy atom. The predicted octanol–water partition coefficient (Wildman–Crippen LogP) is 5.20. The van der Waals surface area contributed by atoms with Crippen LogP contribution in [0.2, 0.25) is 10.0 Å². The summed E-state index contributed by atoms with van der Waals surface area (Å²) >= 11 is 11.8. The molecule has 3 aromatic rings. The number of hydrogen-bond acceptors (Lipinski definition) is 3. The van der Waals surface area contributed by atoms with E-state index in [1.807, 2.05) is 19.1 Å². The fourth-order valence-electron chi connectivity index (χ4n) is 2.35. The van der Waals surface area contributed by atoms with Crippen molar-refractivity contribution in [3.63, 3.8) is 0 Å². The first-order valence-electron chi connectivity index (χ1n) is 8.03. The minimum atomic E-state index is -0.452.